The minimum Gasteiger partial charge on any atom is -0.322 e. The zero-order valence-electron chi connectivity index (χ0n) is 12.5. The van der Waals surface area contributed by atoms with Gasteiger partial charge in [0.05, 0.1) is 5.56 Å². The highest BCUT2D eigenvalue weighted by Gasteiger charge is 2.11. The maximum Gasteiger partial charge on any atom is 0.256 e. The van der Waals surface area contributed by atoms with E-state index in [0.717, 1.165) is 10.1 Å². The normalized spacial score (nSPS) is 10.6. The fraction of sp³-hybridized carbons (Fsp3) is 0.0625. The summed E-state index contributed by atoms with van der Waals surface area (Å²) in [5, 5.41) is 11.4. The number of amides is 1. The van der Waals surface area contributed by atoms with E-state index in [9.17, 15) is 9.18 Å². The van der Waals surface area contributed by atoms with Crippen molar-refractivity contribution in [2.45, 2.75) is 10.1 Å². The molecule has 0 aliphatic heterocycles. The van der Waals surface area contributed by atoms with Crippen molar-refractivity contribution in [3.8, 4) is 0 Å². The smallest absolute Gasteiger partial charge is 0.256 e. The molecule has 0 unspecified atom stereocenters. The van der Waals surface area contributed by atoms with Crippen LogP contribution in [0.2, 0.25) is 0 Å². The molecular formula is C16H12BrFN4OS. The van der Waals surface area contributed by atoms with E-state index in [1.54, 1.807) is 18.5 Å². The number of halogens is 2. The number of benzene rings is 2. The second-order valence-electron chi connectivity index (χ2n) is 4.93. The zero-order valence-corrected chi connectivity index (χ0v) is 14.9. The van der Waals surface area contributed by atoms with Crippen LogP contribution in [0.15, 0.2) is 63.3 Å². The van der Waals surface area contributed by atoms with E-state index in [1.807, 2.05) is 23.7 Å². The molecule has 2 aromatic carbocycles. The second kappa shape index (κ2) is 7.14. The molecule has 0 spiro atoms. The predicted molar refractivity (Wildman–Crippen MR) is 93.6 cm³/mol. The van der Waals surface area contributed by atoms with Crippen LogP contribution in [-0.4, -0.2) is 20.7 Å². The number of aryl methyl sites for hydroxylation is 1. The van der Waals surface area contributed by atoms with E-state index in [4.69, 9.17) is 0 Å². The van der Waals surface area contributed by atoms with Gasteiger partial charge in [0.25, 0.3) is 5.91 Å². The summed E-state index contributed by atoms with van der Waals surface area (Å²) in [5.74, 6) is -0.709. The van der Waals surface area contributed by atoms with E-state index >= 15 is 0 Å². The van der Waals surface area contributed by atoms with Gasteiger partial charge in [-0.2, -0.15) is 0 Å². The fourth-order valence-electron chi connectivity index (χ4n) is 1.95. The van der Waals surface area contributed by atoms with Crippen LogP contribution in [0.25, 0.3) is 0 Å². The summed E-state index contributed by atoms with van der Waals surface area (Å²) in [6.07, 6.45) is 1.64. The number of aromatic nitrogens is 3. The molecule has 1 N–H and O–H groups in total. The third kappa shape index (κ3) is 3.82. The second-order valence-corrected chi connectivity index (χ2v) is 6.82. The van der Waals surface area contributed by atoms with Gasteiger partial charge < -0.3 is 9.88 Å². The van der Waals surface area contributed by atoms with Crippen molar-refractivity contribution < 1.29 is 9.18 Å². The van der Waals surface area contributed by atoms with Crippen molar-refractivity contribution in [3.63, 3.8) is 0 Å². The molecule has 1 heterocycles. The highest BCUT2D eigenvalue weighted by atomic mass is 79.9. The molecule has 0 saturated heterocycles. The lowest BCUT2D eigenvalue weighted by Crippen LogP contribution is -2.12. The molecule has 3 aromatic rings. The van der Waals surface area contributed by atoms with E-state index < -0.39 is 5.82 Å². The van der Waals surface area contributed by atoms with Gasteiger partial charge in [-0.05, 0) is 70.2 Å². The van der Waals surface area contributed by atoms with E-state index in [0.29, 0.717) is 15.7 Å². The van der Waals surface area contributed by atoms with Gasteiger partial charge in [-0.25, -0.2) is 4.39 Å². The fourth-order valence-corrected chi connectivity index (χ4v) is 3.24. The molecule has 5 nitrogen and oxygen atoms in total. The van der Waals surface area contributed by atoms with Crippen molar-refractivity contribution in [3.05, 3.63) is 64.6 Å². The van der Waals surface area contributed by atoms with Gasteiger partial charge >= 0.3 is 0 Å². The lowest BCUT2D eigenvalue weighted by molar-refractivity contribution is 0.102. The number of rotatable bonds is 4. The molecule has 0 atom stereocenters. The van der Waals surface area contributed by atoms with Crippen LogP contribution in [0.4, 0.5) is 10.1 Å². The molecule has 3 rings (SSSR count). The summed E-state index contributed by atoms with van der Waals surface area (Å²) in [6, 6.07) is 11.3. The van der Waals surface area contributed by atoms with Crippen molar-refractivity contribution in [2.24, 2.45) is 7.05 Å². The van der Waals surface area contributed by atoms with Gasteiger partial charge in [-0.1, -0.05) is 0 Å². The molecular weight excluding hydrogens is 395 g/mol. The maximum atomic E-state index is 13.1. The van der Waals surface area contributed by atoms with Crippen molar-refractivity contribution in [2.75, 3.05) is 5.32 Å². The quantitative estimate of drug-likeness (QED) is 0.707. The van der Waals surface area contributed by atoms with E-state index in [-0.39, 0.29) is 5.91 Å². The van der Waals surface area contributed by atoms with Crippen LogP contribution < -0.4 is 5.32 Å². The summed E-state index contributed by atoms with van der Waals surface area (Å²) >= 11 is 4.67. The summed E-state index contributed by atoms with van der Waals surface area (Å²) in [4.78, 5) is 13.2. The van der Waals surface area contributed by atoms with Crippen LogP contribution in [0, 0.1) is 5.82 Å². The van der Waals surface area contributed by atoms with E-state index in [2.05, 4.69) is 31.4 Å². The van der Waals surface area contributed by atoms with Crippen molar-refractivity contribution in [1.82, 2.24) is 14.8 Å². The third-order valence-corrected chi connectivity index (χ3v) is 4.88. The van der Waals surface area contributed by atoms with Gasteiger partial charge in [0, 0.05) is 22.1 Å². The van der Waals surface area contributed by atoms with Crippen LogP contribution in [0.1, 0.15) is 10.4 Å². The highest BCUT2D eigenvalue weighted by Crippen LogP contribution is 2.27. The molecule has 0 aliphatic rings. The monoisotopic (exact) mass is 406 g/mol. The Kier molecular flexibility index (Phi) is 4.96. The lowest BCUT2D eigenvalue weighted by atomic mass is 10.2. The number of hydrogen-bond acceptors (Lipinski definition) is 4. The Morgan fingerprint density at radius 3 is 2.62 bits per heavy atom. The third-order valence-electron chi connectivity index (χ3n) is 3.17. The van der Waals surface area contributed by atoms with Gasteiger partial charge in [0.2, 0.25) is 0 Å². The van der Waals surface area contributed by atoms with Crippen molar-refractivity contribution in [1.29, 1.82) is 0 Å². The SMILES string of the molecule is Cn1cnnc1Sc1ccc(NC(=O)c2ccc(F)cc2Br)cc1. The number of anilines is 1. The molecule has 1 aromatic heterocycles. The van der Waals surface area contributed by atoms with E-state index in [1.165, 1.54) is 30.0 Å². The number of hydrogen-bond donors (Lipinski definition) is 1. The Labute approximate surface area is 150 Å². The summed E-state index contributed by atoms with van der Waals surface area (Å²) in [5.41, 5.74) is 1.02. The molecule has 24 heavy (non-hydrogen) atoms. The first-order valence-electron chi connectivity index (χ1n) is 6.91. The van der Waals surface area contributed by atoms with Gasteiger partial charge in [0.1, 0.15) is 12.1 Å². The first-order chi connectivity index (χ1) is 11.5. The first kappa shape index (κ1) is 16.7. The molecule has 0 saturated carbocycles. The molecule has 0 aliphatic carbocycles. The number of nitrogens with one attached hydrogen (secondary N) is 1. The van der Waals surface area contributed by atoms with Gasteiger partial charge in [0.15, 0.2) is 5.16 Å². The Hall–Kier alpha value is -2.19. The Bertz CT molecular complexity index is 882. The first-order valence-corrected chi connectivity index (χ1v) is 8.52. The van der Waals surface area contributed by atoms with Gasteiger partial charge in [-0.15, -0.1) is 10.2 Å². The lowest BCUT2D eigenvalue weighted by Gasteiger charge is -2.08. The minimum atomic E-state index is -0.399. The molecule has 122 valence electrons. The number of carbonyl (C=O) groups excluding carboxylic acids is 1. The Morgan fingerprint density at radius 1 is 1.25 bits per heavy atom. The molecule has 0 radical (unpaired) electrons. The van der Waals surface area contributed by atoms with Crippen LogP contribution >= 0.6 is 27.7 Å². The number of nitrogens with zero attached hydrogens (tertiary/aromatic N) is 3. The zero-order chi connectivity index (χ0) is 17.1. The highest BCUT2D eigenvalue weighted by molar-refractivity contribution is 9.10. The molecule has 0 fully saturated rings. The van der Waals surface area contributed by atoms with Crippen LogP contribution in [-0.2, 0) is 7.05 Å². The minimum absolute atomic E-state index is 0.310. The summed E-state index contributed by atoms with van der Waals surface area (Å²) < 4.78 is 15.3. The molecule has 0 bridgehead atoms. The standard InChI is InChI=1S/C16H12BrFN4OS/c1-22-9-19-21-16(22)24-12-5-3-11(4-6-12)20-15(23)13-7-2-10(18)8-14(13)17/h2-9H,1H3,(H,20,23). The maximum absolute atomic E-state index is 13.1. The average molecular weight is 407 g/mol. The number of carbonyl (C=O) groups is 1. The Balaban J connectivity index is 1.69. The largest absolute Gasteiger partial charge is 0.322 e. The predicted octanol–water partition coefficient (Wildman–Crippen LogP) is 4.12. The molecule has 1 amide bonds. The Morgan fingerprint density at radius 2 is 2.00 bits per heavy atom. The molecule has 8 heteroatoms. The summed E-state index contributed by atoms with van der Waals surface area (Å²) in [6.45, 7) is 0. The summed E-state index contributed by atoms with van der Waals surface area (Å²) in [7, 11) is 1.87. The van der Waals surface area contributed by atoms with Crippen LogP contribution in [0.5, 0.6) is 0 Å². The van der Waals surface area contributed by atoms with Crippen molar-refractivity contribution >= 4 is 39.3 Å². The van der Waals surface area contributed by atoms with Gasteiger partial charge in [-0.3, -0.25) is 4.79 Å². The van der Waals surface area contributed by atoms with Crippen LogP contribution in [0.3, 0.4) is 0 Å². The average Bonchev–Trinajstić information content (AvgIpc) is 2.94. The topological polar surface area (TPSA) is 59.8 Å².